The molecule has 0 spiro atoms. The molecule has 5 heteroatoms. The molecule has 1 atom stereocenters. The van der Waals surface area contributed by atoms with Crippen LogP contribution >= 0.6 is 0 Å². The van der Waals surface area contributed by atoms with Gasteiger partial charge in [-0.2, -0.15) is 0 Å². The number of aromatic nitrogens is 1. The first-order valence-electron chi connectivity index (χ1n) is 7.41. The first-order valence-corrected chi connectivity index (χ1v) is 7.41. The summed E-state index contributed by atoms with van der Waals surface area (Å²) >= 11 is 0. The molecule has 5 nitrogen and oxygen atoms in total. The number of benzene rings is 1. The number of pyridine rings is 1. The molecular weight excluding hydrogens is 264 g/mol. The predicted molar refractivity (Wildman–Crippen MR) is 84.4 cm³/mol. The van der Waals surface area contributed by atoms with E-state index in [1.165, 1.54) is 12.8 Å². The van der Waals surface area contributed by atoms with Gasteiger partial charge < -0.3 is 16.4 Å². The van der Waals surface area contributed by atoms with Crippen LogP contribution < -0.4 is 16.4 Å². The average Bonchev–Trinajstić information content (AvgIpc) is 2.75. The molecule has 0 aliphatic carbocycles. The number of fused-ring (bicyclic) bond motifs is 1. The number of primary amides is 1. The summed E-state index contributed by atoms with van der Waals surface area (Å²) in [5.74, 6) is 0.298. The third-order valence-electron chi connectivity index (χ3n) is 3.88. The van der Waals surface area contributed by atoms with Gasteiger partial charge in [0.25, 0.3) is 0 Å². The van der Waals surface area contributed by atoms with Crippen LogP contribution in [0, 0.1) is 0 Å². The number of hydrogen-bond acceptors (Lipinski definition) is 4. The van der Waals surface area contributed by atoms with E-state index in [1.54, 1.807) is 6.07 Å². The van der Waals surface area contributed by atoms with Crippen LogP contribution in [0.3, 0.4) is 0 Å². The summed E-state index contributed by atoms with van der Waals surface area (Å²) in [5, 5.41) is 7.64. The van der Waals surface area contributed by atoms with E-state index in [0.29, 0.717) is 11.6 Å². The molecule has 110 valence electrons. The summed E-state index contributed by atoms with van der Waals surface area (Å²) < 4.78 is 0. The van der Waals surface area contributed by atoms with Crippen molar-refractivity contribution in [2.75, 3.05) is 18.4 Å². The fourth-order valence-corrected chi connectivity index (χ4v) is 2.80. The number of hydrogen-bond donors (Lipinski definition) is 3. The average molecular weight is 284 g/mol. The predicted octanol–water partition coefficient (Wildman–Crippen LogP) is 1.89. The number of nitrogens with zero attached hydrogens (tertiary/aromatic N) is 1. The standard InChI is InChI=1S/C16H20N4O/c17-16(21)13-9-15(19-11-5-3-4-8-18-10-11)20-14-7-2-1-6-12(13)14/h1-2,6-7,9,11,18H,3-5,8,10H2,(H2,17,21)(H,19,20). The van der Waals surface area contributed by atoms with Crippen molar-refractivity contribution in [1.29, 1.82) is 0 Å². The molecule has 0 bridgehead atoms. The lowest BCUT2D eigenvalue weighted by molar-refractivity contribution is 0.100. The Labute approximate surface area is 123 Å². The first kappa shape index (κ1) is 13.8. The number of nitrogens with two attached hydrogens (primary N) is 1. The number of para-hydroxylation sites is 1. The monoisotopic (exact) mass is 284 g/mol. The van der Waals surface area contributed by atoms with Crippen molar-refractivity contribution < 1.29 is 4.79 Å². The van der Waals surface area contributed by atoms with Gasteiger partial charge in [-0.3, -0.25) is 4.79 Å². The molecule has 2 heterocycles. The summed E-state index contributed by atoms with van der Waals surface area (Å²) in [6, 6.07) is 9.67. The van der Waals surface area contributed by atoms with E-state index >= 15 is 0 Å². The molecule has 1 aromatic heterocycles. The number of carbonyl (C=O) groups excluding carboxylic acids is 1. The van der Waals surface area contributed by atoms with Crippen molar-refractivity contribution >= 4 is 22.6 Å². The van der Waals surface area contributed by atoms with E-state index < -0.39 is 5.91 Å². The van der Waals surface area contributed by atoms with Crippen molar-refractivity contribution in [2.45, 2.75) is 25.3 Å². The zero-order valence-corrected chi connectivity index (χ0v) is 11.9. The van der Waals surface area contributed by atoms with Crippen molar-refractivity contribution in [1.82, 2.24) is 10.3 Å². The Bertz CT molecular complexity index is 648. The molecule has 1 unspecified atom stereocenters. The minimum atomic E-state index is -0.421. The number of carbonyl (C=O) groups is 1. The van der Waals surface area contributed by atoms with Crippen LogP contribution in [-0.2, 0) is 0 Å². The molecule has 1 fully saturated rings. The maximum Gasteiger partial charge on any atom is 0.249 e. The molecule has 1 aliphatic heterocycles. The van der Waals surface area contributed by atoms with E-state index in [4.69, 9.17) is 5.73 Å². The quantitative estimate of drug-likeness (QED) is 0.804. The lowest BCUT2D eigenvalue weighted by Crippen LogP contribution is -2.31. The number of rotatable bonds is 3. The van der Waals surface area contributed by atoms with Gasteiger partial charge in [-0.25, -0.2) is 4.98 Å². The maximum absolute atomic E-state index is 11.7. The fraction of sp³-hybridized carbons (Fsp3) is 0.375. The second-order valence-corrected chi connectivity index (χ2v) is 5.48. The van der Waals surface area contributed by atoms with Crippen LogP contribution in [0.4, 0.5) is 5.82 Å². The van der Waals surface area contributed by atoms with E-state index in [-0.39, 0.29) is 0 Å². The molecule has 1 amide bonds. The Morgan fingerprint density at radius 1 is 1.33 bits per heavy atom. The first-order chi connectivity index (χ1) is 10.2. The second-order valence-electron chi connectivity index (χ2n) is 5.48. The van der Waals surface area contributed by atoms with Gasteiger partial charge in [0.15, 0.2) is 0 Å². The Hall–Kier alpha value is -2.14. The largest absolute Gasteiger partial charge is 0.366 e. The number of amides is 1. The molecule has 3 rings (SSSR count). The highest BCUT2D eigenvalue weighted by Gasteiger charge is 2.14. The van der Waals surface area contributed by atoms with Gasteiger partial charge in [0.1, 0.15) is 5.82 Å². The van der Waals surface area contributed by atoms with Crippen LogP contribution in [0.2, 0.25) is 0 Å². The highest BCUT2D eigenvalue weighted by atomic mass is 16.1. The van der Waals surface area contributed by atoms with Crippen molar-refractivity contribution in [3.8, 4) is 0 Å². The fourth-order valence-electron chi connectivity index (χ4n) is 2.80. The smallest absolute Gasteiger partial charge is 0.249 e. The molecule has 1 saturated heterocycles. The summed E-state index contributed by atoms with van der Waals surface area (Å²) in [6.07, 6.45) is 3.50. The van der Waals surface area contributed by atoms with Gasteiger partial charge >= 0.3 is 0 Å². The Morgan fingerprint density at radius 2 is 2.19 bits per heavy atom. The van der Waals surface area contributed by atoms with E-state index in [9.17, 15) is 4.79 Å². The molecule has 0 radical (unpaired) electrons. The number of nitrogens with one attached hydrogen (secondary N) is 2. The van der Waals surface area contributed by atoms with Crippen LogP contribution in [0.25, 0.3) is 10.9 Å². The highest BCUT2D eigenvalue weighted by Crippen LogP contribution is 2.21. The van der Waals surface area contributed by atoms with Gasteiger partial charge in [-0.15, -0.1) is 0 Å². The van der Waals surface area contributed by atoms with Gasteiger partial charge in [0, 0.05) is 18.0 Å². The lowest BCUT2D eigenvalue weighted by atomic mass is 10.1. The third kappa shape index (κ3) is 3.13. The molecular formula is C16H20N4O. The van der Waals surface area contributed by atoms with Crippen LogP contribution in [0.1, 0.15) is 29.6 Å². The molecule has 0 saturated carbocycles. The van der Waals surface area contributed by atoms with Gasteiger partial charge in [0.05, 0.1) is 11.1 Å². The maximum atomic E-state index is 11.7. The van der Waals surface area contributed by atoms with Gasteiger partial charge in [-0.05, 0) is 31.5 Å². The Morgan fingerprint density at radius 3 is 3.05 bits per heavy atom. The minimum absolute atomic E-state index is 0.335. The zero-order valence-electron chi connectivity index (χ0n) is 11.9. The zero-order chi connectivity index (χ0) is 14.7. The minimum Gasteiger partial charge on any atom is -0.366 e. The Balaban J connectivity index is 1.93. The van der Waals surface area contributed by atoms with Crippen LogP contribution in [0.15, 0.2) is 30.3 Å². The number of anilines is 1. The van der Waals surface area contributed by atoms with Crippen LogP contribution in [0.5, 0.6) is 0 Å². The van der Waals surface area contributed by atoms with Gasteiger partial charge in [0.2, 0.25) is 5.91 Å². The molecule has 1 aromatic carbocycles. The topological polar surface area (TPSA) is 80.0 Å². The summed E-state index contributed by atoms with van der Waals surface area (Å²) in [6.45, 7) is 1.98. The summed E-state index contributed by atoms with van der Waals surface area (Å²) in [7, 11) is 0. The SMILES string of the molecule is NC(=O)c1cc(NC2CCCCNC2)nc2ccccc12. The summed E-state index contributed by atoms with van der Waals surface area (Å²) in [5.41, 5.74) is 6.81. The van der Waals surface area contributed by atoms with Crippen molar-refractivity contribution in [2.24, 2.45) is 5.73 Å². The molecule has 4 N–H and O–H groups in total. The van der Waals surface area contributed by atoms with Crippen LogP contribution in [-0.4, -0.2) is 30.0 Å². The molecule has 1 aliphatic rings. The highest BCUT2D eigenvalue weighted by molar-refractivity contribution is 6.06. The normalized spacial score (nSPS) is 19.1. The molecule has 21 heavy (non-hydrogen) atoms. The Kier molecular flexibility index (Phi) is 4.01. The van der Waals surface area contributed by atoms with E-state index in [2.05, 4.69) is 15.6 Å². The third-order valence-corrected chi connectivity index (χ3v) is 3.88. The van der Waals surface area contributed by atoms with E-state index in [1.807, 2.05) is 24.3 Å². The van der Waals surface area contributed by atoms with Gasteiger partial charge in [-0.1, -0.05) is 24.6 Å². The van der Waals surface area contributed by atoms with E-state index in [0.717, 1.165) is 36.2 Å². The summed E-state index contributed by atoms with van der Waals surface area (Å²) in [4.78, 5) is 16.3. The second kappa shape index (κ2) is 6.10. The lowest BCUT2D eigenvalue weighted by Gasteiger charge is -2.18. The van der Waals surface area contributed by atoms with Crippen molar-refractivity contribution in [3.05, 3.63) is 35.9 Å². The molecule has 2 aromatic rings. The van der Waals surface area contributed by atoms with Crippen molar-refractivity contribution in [3.63, 3.8) is 0 Å².